The third kappa shape index (κ3) is 2.90. The highest BCUT2D eigenvalue weighted by atomic mass is 32.2. The van der Waals surface area contributed by atoms with E-state index in [4.69, 9.17) is 14.9 Å². The molecule has 0 aliphatic rings. The Labute approximate surface area is 124 Å². The lowest BCUT2D eigenvalue weighted by Crippen LogP contribution is -1.97. The van der Waals surface area contributed by atoms with Crippen molar-refractivity contribution in [2.24, 2.45) is 0 Å². The SMILES string of the molecule is COc1cccc(S(=O)Cc2nc3cc(N)ccc3o2)c1. The maximum absolute atomic E-state index is 12.4. The van der Waals surface area contributed by atoms with E-state index in [1.165, 1.54) is 0 Å². The van der Waals surface area contributed by atoms with E-state index in [-0.39, 0.29) is 5.75 Å². The van der Waals surface area contributed by atoms with Gasteiger partial charge in [-0.25, -0.2) is 4.98 Å². The maximum atomic E-state index is 12.4. The molecule has 6 heteroatoms. The number of rotatable bonds is 4. The van der Waals surface area contributed by atoms with E-state index in [2.05, 4.69) is 4.98 Å². The average Bonchev–Trinajstić information content (AvgIpc) is 2.88. The fourth-order valence-electron chi connectivity index (χ4n) is 1.99. The Morgan fingerprint density at radius 2 is 2.14 bits per heavy atom. The third-order valence-corrected chi connectivity index (χ3v) is 4.30. The molecule has 0 radical (unpaired) electrons. The lowest BCUT2D eigenvalue weighted by atomic mass is 10.3. The van der Waals surface area contributed by atoms with Crippen LogP contribution in [0.3, 0.4) is 0 Å². The molecule has 1 atom stereocenters. The first-order valence-electron chi connectivity index (χ1n) is 6.33. The molecule has 0 bridgehead atoms. The molecular weight excluding hydrogens is 288 g/mol. The topological polar surface area (TPSA) is 78.3 Å². The molecule has 5 nitrogen and oxygen atoms in total. The monoisotopic (exact) mass is 302 g/mol. The van der Waals surface area contributed by atoms with Gasteiger partial charge in [0.1, 0.15) is 17.0 Å². The quantitative estimate of drug-likeness (QED) is 0.750. The number of fused-ring (bicyclic) bond motifs is 1. The van der Waals surface area contributed by atoms with Crippen molar-refractivity contribution in [1.82, 2.24) is 4.98 Å². The number of nitrogen functional groups attached to an aromatic ring is 1. The van der Waals surface area contributed by atoms with Crippen molar-refractivity contribution in [3.63, 3.8) is 0 Å². The van der Waals surface area contributed by atoms with Crippen LogP contribution in [-0.4, -0.2) is 16.3 Å². The van der Waals surface area contributed by atoms with Crippen LogP contribution in [0, 0.1) is 0 Å². The molecule has 3 rings (SSSR count). The Bertz CT molecular complexity index is 814. The van der Waals surface area contributed by atoms with Gasteiger partial charge in [-0.1, -0.05) is 6.07 Å². The summed E-state index contributed by atoms with van der Waals surface area (Å²) in [4.78, 5) is 4.99. The number of hydrogen-bond acceptors (Lipinski definition) is 5. The zero-order valence-corrected chi connectivity index (χ0v) is 12.2. The van der Waals surface area contributed by atoms with Gasteiger partial charge in [0.05, 0.1) is 17.9 Å². The summed E-state index contributed by atoms with van der Waals surface area (Å²) < 4.78 is 23.1. The zero-order valence-electron chi connectivity index (χ0n) is 11.4. The van der Waals surface area contributed by atoms with Crippen LogP contribution in [0.25, 0.3) is 11.1 Å². The number of anilines is 1. The second-order valence-electron chi connectivity index (χ2n) is 4.50. The molecule has 0 aliphatic carbocycles. The second kappa shape index (κ2) is 5.57. The van der Waals surface area contributed by atoms with E-state index >= 15 is 0 Å². The van der Waals surface area contributed by atoms with Gasteiger partial charge >= 0.3 is 0 Å². The van der Waals surface area contributed by atoms with Gasteiger partial charge in [-0.05, 0) is 36.4 Å². The summed E-state index contributed by atoms with van der Waals surface area (Å²) in [6, 6.07) is 12.4. The number of benzene rings is 2. The summed E-state index contributed by atoms with van der Waals surface area (Å²) in [6.45, 7) is 0. The Morgan fingerprint density at radius 3 is 2.95 bits per heavy atom. The molecule has 1 unspecified atom stereocenters. The first-order valence-corrected chi connectivity index (χ1v) is 7.65. The lowest BCUT2D eigenvalue weighted by Gasteiger charge is -2.02. The molecule has 0 aliphatic heterocycles. The standard InChI is InChI=1S/C15H14N2O3S/c1-19-11-3-2-4-12(8-11)21(18)9-15-17-13-7-10(16)5-6-14(13)20-15/h2-8H,9,16H2,1H3. The third-order valence-electron chi connectivity index (χ3n) is 3.01. The summed E-state index contributed by atoms with van der Waals surface area (Å²) in [5.41, 5.74) is 7.64. The number of methoxy groups -OCH3 is 1. The van der Waals surface area contributed by atoms with Crippen LogP contribution < -0.4 is 10.5 Å². The number of nitrogens with zero attached hydrogens (tertiary/aromatic N) is 1. The number of aromatic nitrogens is 1. The zero-order chi connectivity index (χ0) is 14.8. The molecular formula is C15H14N2O3S. The van der Waals surface area contributed by atoms with Crippen LogP contribution >= 0.6 is 0 Å². The molecule has 3 aromatic rings. The molecule has 2 N–H and O–H groups in total. The van der Waals surface area contributed by atoms with Crippen molar-refractivity contribution in [2.75, 3.05) is 12.8 Å². The highest BCUT2D eigenvalue weighted by molar-refractivity contribution is 7.84. The smallest absolute Gasteiger partial charge is 0.208 e. The predicted octanol–water partition coefficient (Wildman–Crippen LogP) is 2.73. The van der Waals surface area contributed by atoms with Crippen LogP contribution in [0.2, 0.25) is 0 Å². The van der Waals surface area contributed by atoms with Crippen molar-refractivity contribution in [1.29, 1.82) is 0 Å². The van der Waals surface area contributed by atoms with Gasteiger partial charge in [0, 0.05) is 10.6 Å². The highest BCUT2D eigenvalue weighted by Crippen LogP contribution is 2.22. The summed E-state index contributed by atoms with van der Waals surface area (Å²) >= 11 is 0. The maximum Gasteiger partial charge on any atom is 0.208 e. The molecule has 0 fully saturated rings. The molecule has 0 spiro atoms. The molecule has 0 amide bonds. The van der Waals surface area contributed by atoms with Gasteiger partial charge in [-0.3, -0.25) is 4.21 Å². The summed E-state index contributed by atoms with van der Waals surface area (Å²) in [5, 5.41) is 0. The van der Waals surface area contributed by atoms with Crippen LogP contribution in [-0.2, 0) is 16.6 Å². The number of oxazole rings is 1. The van der Waals surface area contributed by atoms with E-state index in [1.54, 1.807) is 43.5 Å². The number of hydrogen-bond donors (Lipinski definition) is 1. The largest absolute Gasteiger partial charge is 0.497 e. The first-order chi connectivity index (χ1) is 10.2. The van der Waals surface area contributed by atoms with Crippen molar-refractivity contribution in [3.05, 3.63) is 48.4 Å². The van der Waals surface area contributed by atoms with Gasteiger partial charge in [0.25, 0.3) is 0 Å². The van der Waals surface area contributed by atoms with Crippen LogP contribution in [0.5, 0.6) is 5.75 Å². The minimum absolute atomic E-state index is 0.210. The molecule has 0 saturated carbocycles. The highest BCUT2D eigenvalue weighted by Gasteiger charge is 2.12. The minimum atomic E-state index is -1.25. The van der Waals surface area contributed by atoms with Crippen LogP contribution in [0.4, 0.5) is 5.69 Å². The van der Waals surface area contributed by atoms with E-state index in [0.29, 0.717) is 33.3 Å². The van der Waals surface area contributed by atoms with Crippen LogP contribution in [0.15, 0.2) is 51.8 Å². The first kappa shape index (κ1) is 13.6. The van der Waals surface area contributed by atoms with Gasteiger partial charge in [0.15, 0.2) is 5.58 Å². The molecule has 108 valence electrons. The minimum Gasteiger partial charge on any atom is -0.497 e. The van der Waals surface area contributed by atoms with Gasteiger partial charge in [-0.15, -0.1) is 0 Å². The van der Waals surface area contributed by atoms with E-state index in [1.807, 2.05) is 6.07 Å². The van der Waals surface area contributed by atoms with Gasteiger partial charge in [-0.2, -0.15) is 0 Å². The fourth-order valence-corrected chi connectivity index (χ4v) is 2.98. The Hall–Kier alpha value is -2.34. The van der Waals surface area contributed by atoms with E-state index in [0.717, 1.165) is 0 Å². The van der Waals surface area contributed by atoms with Gasteiger partial charge in [0.2, 0.25) is 5.89 Å². The number of nitrogens with two attached hydrogens (primary N) is 1. The van der Waals surface area contributed by atoms with E-state index in [9.17, 15) is 4.21 Å². The predicted molar refractivity (Wildman–Crippen MR) is 81.5 cm³/mol. The Morgan fingerprint density at radius 1 is 1.29 bits per heavy atom. The van der Waals surface area contributed by atoms with Crippen molar-refractivity contribution in [3.8, 4) is 5.75 Å². The summed E-state index contributed by atoms with van der Waals surface area (Å²) in [5.74, 6) is 1.31. The Balaban J connectivity index is 1.85. The van der Waals surface area contributed by atoms with E-state index < -0.39 is 10.8 Å². The summed E-state index contributed by atoms with van der Waals surface area (Å²) in [7, 11) is 0.331. The normalized spacial score (nSPS) is 12.4. The van der Waals surface area contributed by atoms with Crippen LogP contribution in [0.1, 0.15) is 5.89 Å². The number of ether oxygens (including phenoxy) is 1. The second-order valence-corrected chi connectivity index (χ2v) is 5.95. The van der Waals surface area contributed by atoms with Crippen molar-refractivity contribution in [2.45, 2.75) is 10.6 Å². The van der Waals surface area contributed by atoms with Gasteiger partial charge < -0.3 is 14.9 Å². The van der Waals surface area contributed by atoms with Crippen molar-refractivity contribution >= 4 is 27.6 Å². The molecule has 21 heavy (non-hydrogen) atoms. The molecule has 0 saturated heterocycles. The molecule has 1 aromatic heterocycles. The molecule has 1 heterocycles. The molecule has 2 aromatic carbocycles. The summed E-state index contributed by atoms with van der Waals surface area (Å²) in [6.07, 6.45) is 0. The van der Waals surface area contributed by atoms with Crippen molar-refractivity contribution < 1.29 is 13.4 Å². The fraction of sp³-hybridized carbons (Fsp3) is 0.133. The average molecular weight is 302 g/mol. The lowest BCUT2D eigenvalue weighted by molar-refractivity contribution is 0.413. The Kier molecular flexibility index (Phi) is 3.62.